The normalized spacial score (nSPS) is 11.5. The van der Waals surface area contributed by atoms with Crippen molar-refractivity contribution in [3.05, 3.63) is 22.7 Å². The van der Waals surface area contributed by atoms with E-state index in [0.29, 0.717) is 5.52 Å². The summed E-state index contributed by atoms with van der Waals surface area (Å²) in [5, 5.41) is 4.01. The Morgan fingerprint density at radius 1 is 1.44 bits per heavy atom. The SMILES string of the molecule is O=C(Nc1nc2ccc(Br)cc2s1)NP(=O)(O)O. The van der Waals surface area contributed by atoms with E-state index >= 15 is 0 Å². The third-order valence-electron chi connectivity index (χ3n) is 1.82. The molecule has 0 unspecified atom stereocenters. The molecule has 10 heteroatoms. The van der Waals surface area contributed by atoms with Gasteiger partial charge in [0.05, 0.1) is 10.2 Å². The van der Waals surface area contributed by atoms with E-state index < -0.39 is 13.8 Å². The molecule has 2 rings (SSSR count). The minimum absolute atomic E-state index is 0.258. The summed E-state index contributed by atoms with van der Waals surface area (Å²) in [6.07, 6.45) is 0. The van der Waals surface area contributed by atoms with Crippen LogP contribution in [0.2, 0.25) is 0 Å². The van der Waals surface area contributed by atoms with Crippen LogP contribution in [0.15, 0.2) is 22.7 Å². The van der Waals surface area contributed by atoms with Gasteiger partial charge in [0.15, 0.2) is 5.13 Å². The Bertz CT molecular complexity index is 655. The molecule has 0 saturated carbocycles. The largest absolute Gasteiger partial charge is 0.431 e. The highest BCUT2D eigenvalue weighted by Gasteiger charge is 2.17. The summed E-state index contributed by atoms with van der Waals surface area (Å²) in [5.74, 6) is 0. The van der Waals surface area contributed by atoms with Gasteiger partial charge in [-0.05, 0) is 18.2 Å². The van der Waals surface area contributed by atoms with E-state index in [-0.39, 0.29) is 5.13 Å². The van der Waals surface area contributed by atoms with Gasteiger partial charge in [0, 0.05) is 4.47 Å². The van der Waals surface area contributed by atoms with Gasteiger partial charge >= 0.3 is 13.8 Å². The Morgan fingerprint density at radius 3 is 2.83 bits per heavy atom. The van der Waals surface area contributed by atoms with E-state index in [1.807, 2.05) is 12.1 Å². The lowest BCUT2D eigenvalue weighted by Crippen LogP contribution is -2.25. The maximum Gasteiger partial charge on any atom is 0.431 e. The van der Waals surface area contributed by atoms with Gasteiger partial charge < -0.3 is 9.79 Å². The van der Waals surface area contributed by atoms with Crippen LogP contribution in [0.3, 0.4) is 0 Å². The molecule has 0 bridgehead atoms. The number of carbonyl (C=O) groups is 1. The van der Waals surface area contributed by atoms with Crippen molar-refractivity contribution in [2.45, 2.75) is 0 Å². The molecular formula is C8H7BrN3O4PS. The van der Waals surface area contributed by atoms with Gasteiger partial charge in [0.2, 0.25) is 0 Å². The molecule has 1 aromatic carbocycles. The Kier molecular flexibility index (Phi) is 3.69. The van der Waals surface area contributed by atoms with Crippen molar-refractivity contribution in [3.8, 4) is 0 Å². The molecular weight excluding hydrogens is 345 g/mol. The number of nitrogens with zero attached hydrogens (tertiary/aromatic N) is 1. The van der Waals surface area contributed by atoms with Gasteiger partial charge in [-0.3, -0.25) is 5.32 Å². The zero-order valence-electron chi connectivity index (χ0n) is 8.62. The van der Waals surface area contributed by atoms with Crippen LogP contribution in [-0.4, -0.2) is 20.8 Å². The van der Waals surface area contributed by atoms with Crippen LogP contribution in [-0.2, 0) is 4.57 Å². The van der Waals surface area contributed by atoms with E-state index in [4.69, 9.17) is 9.79 Å². The predicted octanol–water partition coefficient (Wildman–Crippen LogP) is 2.27. The summed E-state index contributed by atoms with van der Waals surface area (Å²) >= 11 is 4.51. The van der Waals surface area contributed by atoms with Crippen LogP contribution in [0, 0.1) is 0 Å². The summed E-state index contributed by atoms with van der Waals surface area (Å²) in [7, 11) is -4.59. The second-order valence-corrected chi connectivity index (χ2v) is 6.50. The van der Waals surface area contributed by atoms with Gasteiger partial charge in [-0.15, -0.1) is 0 Å². The van der Waals surface area contributed by atoms with Crippen LogP contribution in [0.4, 0.5) is 9.93 Å². The quantitative estimate of drug-likeness (QED) is 0.620. The Balaban J connectivity index is 2.17. The topological polar surface area (TPSA) is 112 Å². The lowest BCUT2D eigenvalue weighted by molar-refractivity contribution is 0.253. The van der Waals surface area contributed by atoms with Gasteiger partial charge in [-0.25, -0.2) is 19.4 Å². The molecule has 4 N–H and O–H groups in total. The van der Waals surface area contributed by atoms with Gasteiger partial charge in [0.1, 0.15) is 0 Å². The summed E-state index contributed by atoms with van der Waals surface area (Å²) in [4.78, 5) is 32.4. The van der Waals surface area contributed by atoms with E-state index in [2.05, 4.69) is 26.2 Å². The first-order valence-corrected chi connectivity index (χ1v) is 7.76. The van der Waals surface area contributed by atoms with E-state index in [1.165, 1.54) is 16.4 Å². The molecule has 1 aromatic heterocycles. The molecule has 0 aliphatic rings. The Morgan fingerprint density at radius 2 is 2.17 bits per heavy atom. The van der Waals surface area contributed by atoms with Crippen molar-refractivity contribution in [3.63, 3.8) is 0 Å². The molecule has 1 heterocycles. The van der Waals surface area contributed by atoms with Gasteiger partial charge in [0.25, 0.3) is 0 Å². The molecule has 0 aliphatic heterocycles. The zero-order valence-corrected chi connectivity index (χ0v) is 11.9. The zero-order chi connectivity index (χ0) is 13.3. The van der Waals surface area contributed by atoms with Gasteiger partial charge in [-0.1, -0.05) is 27.3 Å². The molecule has 2 amide bonds. The smallest absolute Gasteiger partial charge is 0.308 e. The fourth-order valence-corrected chi connectivity index (χ4v) is 2.94. The molecule has 18 heavy (non-hydrogen) atoms. The molecule has 0 aliphatic carbocycles. The van der Waals surface area contributed by atoms with Crippen molar-refractivity contribution in [2.75, 3.05) is 5.32 Å². The van der Waals surface area contributed by atoms with E-state index in [9.17, 15) is 9.36 Å². The summed E-state index contributed by atoms with van der Waals surface area (Å²) in [5.41, 5.74) is 0.690. The number of amides is 2. The van der Waals surface area contributed by atoms with Crippen LogP contribution < -0.4 is 10.4 Å². The van der Waals surface area contributed by atoms with Crippen LogP contribution >= 0.6 is 35.0 Å². The monoisotopic (exact) mass is 351 g/mol. The molecule has 0 saturated heterocycles. The number of hydrogen-bond donors (Lipinski definition) is 4. The number of benzene rings is 1. The number of carbonyl (C=O) groups excluding carboxylic acids is 1. The van der Waals surface area contributed by atoms with Crippen LogP contribution in [0.25, 0.3) is 10.2 Å². The van der Waals surface area contributed by atoms with E-state index in [0.717, 1.165) is 9.17 Å². The fraction of sp³-hybridized carbons (Fsp3) is 0. The number of rotatable bonds is 2. The first-order chi connectivity index (χ1) is 8.33. The molecule has 0 spiro atoms. The van der Waals surface area contributed by atoms with Crippen molar-refractivity contribution in [1.82, 2.24) is 10.1 Å². The molecule has 7 nitrogen and oxygen atoms in total. The lowest BCUT2D eigenvalue weighted by Gasteiger charge is -2.05. The number of urea groups is 1. The number of anilines is 1. The number of aromatic nitrogens is 1. The number of hydrogen-bond acceptors (Lipinski definition) is 4. The average Bonchev–Trinajstić information content (AvgIpc) is 2.55. The standard InChI is InChI=1S/C8H7BrN3O4PS/c9-4-1-2-5-6(3-4)18-8(10-5)11-7(13)12-17(14,15)16/h1-3H,(H4,10,11,12,13,14,15,16). The average molecular weight is 352 g/mol. The van der Waals surface area contributed by atoms with Crippen molar-refractivity contribution in [2.24, 2.45) is 0 Å². The molecule has 0 radical (unpaired) electrons. The predicted molar refractivity (Wildman–Crippen MR) is 71.5 cm³/mol. The first-order valence-electron chi connectivity index (χ1n) is 4.54. The van der Waals surface area contributed by atoms with Crippen LogP contribution in [0.1, 0.15) is 0 Å². The third kappa shape index (κ3) is 3.50. The number of halogens is 1. The second-order valence-electron chi connectivity index (χ2n) is 3.24. The van der Waals surface area contributed by atoms with Crippen molar-refractivity contribution in [1.29, 1.82) is 0 Å². The first kappa shape index (κ1) is 13.4. The highest BCUT2D eigenvalue weighted by Crippen LogP contribution is 2.30. The Hall–Kier alpha value is -0.990. The molecule has 2 aromatic rings. The highest BCUT2D eigenvalue weighted by molar-refractivity contribution is 9.10. The summed E-state index contributed by atoms with van der Waals surface area (Å²) < 4.78 is 12.3. The number of fused-ring (bicyclic) bond motifs is 1. The van der Waals surface area contributed by atoms with E-state index in [1.54, 1.807) is 6.07 Å². The number of thiazole rings is 1. The molecule has 96 valence electrons. The number of nitrogens with one attached hydrogen (secondary N) is 2. The van der Waals surface area contributed by atoms with Gasteiger partial charge in [-0.2, -0.15) is 0 Å². The van der Waals surface area contributed by atoms with Crippen LogP contribution in [0.5, 0.6) is 0 Å². The highest BCUT2D eigenvalue weighted by atomic mass is 79.9. The summed E-state index contributed by atoms with van der Waals surface area (Å²) in [6.45, 7) is 0. The fourth-order valence-electron chi connectivity index (χ4n) is 1.21. The molecule has 0 fully saturated rings. The summed E-state index contributed by atoms with van der Waals surface area (Å²) in [6, 6.07) is 4.41. The lowest BCUT2D eigenvalue weighted by atomic mass is 10.3. The molecule has 0 atom stereocenters. The van der Waals surface area contributed by atoms with Crippen molar-refractivity contribution < 1.29 is 19.1 Å². The minimum atomic E-state index is -4.59. The van der Waals surface area contributed by atoms with Crippen molar-refractivity contribution >= 4 is 56.4 Å². The second kappa shape index (κ2) is 4.94. The maximum absolute atomic E-state index is 11.2. The Labute approximate surface area is 114 Å². The minimum Gasteiger partial charge on any atom is -0.308 e. The maximum atomic E-state index is 11.2. The third-order valence-corrected chi connectivity index (χ3v) is 3.74.